The summed E-state index contributed by atoms with van der Waals surface area (Å²) in [5.41, 5.74) is 1.97. The van der Waals surface area contributed by atoms with Gasteiger partial charge in [0.1, 0.15) is 12.1 Å². The number of benzene rings is 1. The number of allylic oxidation sites excluding steroid dienone is 2. The van der Waals surface area contributed by atoms with Crippen LogP contribution < -0.4 is 4.74 Å². The topological polar surface area (TPSA) is 73.1 Å². The number of carbonyl (C=O) groups excluding carboxylic acids is 1. The Bertz CT molecular complexity index is 694. The zero-order valence-corrected chi connectivity index (χ0v) is 13.8. The standard InChI is InChI=1S/C17H21N5O2/c1-2-21(14-6-4-3-5-7-14)17(23)12-24-16-10-8-15(9-11-16)22-13-18-19-20-22/h6,8-11,13H,2-5,7,12H2,1H3. The third kappa shape index (κ3) is 3.79. The van der Waals surface area contributed by atoms with Gasteiger partial charge >= 0.3 is 0 Å². The highest BCUT2D eigenvalue weighted by Crippen LogP contribution is 2.21. The van der Waals surface area contributed by atoms with Crippen molar-refractivity contribution in [1.82, 2.24) is 25.1 Å². The molecule has 0 spiro atoms. The van der Waals surface area contributed by atoms with Gasteiger partial charge < -0.3 is 9.64 Å². The normalized spacial score (nSPS) is 14.1. The molecule has 1 aliphatic carbocycles. The van der Waals surface area contributed by atoms with Gasteiger partial charge in [0, 0.05) is 12.2 Å². The number of nitrogens with zero attached hydrogens (tertiary/aromatic N) is 5. The smallest absolute Gasteiger partial charge is 0.264 e. The lowest BCUT2D eigenvalue weighted by Crippen LogP contribution is -2.34. The molecule has 0 radical (unpaired) electrons. The Morgan fingerprint density at radius 3 is 2.75 bits per heavy atom. The van der Waals surface area contributed by atoms with Crippen LogP contribution in [0.15, 0.2) is 42.4 Å². The third-order valence-corrected chi connectivity index (χ3v) is 4.04. The van der Waals surface area contributed by atoms with E-state index in [1.54, 1.807) is 16.8 Å². The Hall–Kier alpha value is -2.70. The van der Waals surface area contributed by atoms with Gasteiger partial charge in [0.25, 0.3) is 5.91 Å². The molecule has 1 aromatic heterocycles. The Balaban J connectivity index is 1.58. The van der Waals surface area contributed by atoms with Crippen LogP contribution in [0, 0.1) is 0 Å². The molecule has 0 unspecified atom stereocenters. The van der Waals surface area contributed by atoms with Crippen LogP contribution in [0.25, 0.3) is 5.69 Å². The first-order valence-electron chi connectivity index (χ1n) is 8.23. The number of hydrogen-bond acceptors (Lipinski definition) is 5. The van der Waals surface area contributed by atoms with Gasteiger partial charge in [-0.05, 0) is 67.3 Å². The molecule has 0 saturated heterocycles. The lowest BCUT2D eigenvalue weighted by molar-refractivity contribution is -0.131. The van der Waals surface area contributed by atoms with E-state index >= 15 is 0 Å². The van der Waals surface area contributed by atoms with E-state index in [9.17, 15) is 4.79 Å². The average Bonchev–Trinajstić information content (AvgIpc) is 3.17. The van der Waals surface area contributed by atoms with Crippen molar-refractivity contribution in [3.63, 3.8) is 0 Å². The molecule has 1 aromatic carbocycles. The minimum absolute atomic E-state index is 0.00444. The summed E-state index contributed by atoms with van der Waals surface area (Å²) in [5, 5.41) is 11.0. The first kappa shape index (κ1) is 16.2. The number of carbonyl (C=O) groups is 1. The molecule has 24 heavy (non-hydrogen) atoms. The molecule has 0 saturated carbocycles. The molecule has 1 aliphatic rings. The summed E-state index contributed by atoms with van der Waals surface area (Å²) in [4.78, 5) is 14.3. The maximum atomic E-state index is 12.4. The van der Waals surface area contributed by atoms with Gasteiger partial charge in [-0.25, -0.2) is 4.68 Å². The Morgan fingerprint density at radius 1 is 1.29 bits per heavy atom. The van der Waals surface area contributed by atoms with Crippen LogP contribution in [0.4, 0.5) is 0 Å². The molecular weight excluding hydrogens is 306 g/mol. The van der Waals surface area contributed by atoms with Gasteiger partial charge in [-0.2, -0.15) is 0 Å². The van der Waals surface area contributed by atoms with Gasteiger partial charge in [0.15, 0.2) is 6.61 Å². The van der Waals surface area contributed by atoms with Crippen molar-refractivity contribution in [1.29, 1.82) is 0 Å². The van der Waals surface area contributed by atoms with E-state index in [0.29, 0.717) is 12.3 Å². The van der Waals surface area contributed by atoms with Crippen molar-refractivity contribution in [3.8, 4) is 11.4 Å². The summed E-state index contributed by atoms with van der Waals surface area (Å²) in [7, 11) is 0. The third-order valence-electron chi connectivity index (χ3n) is 4.04. The van der Waals surface area contributed by atoms with Crippen LogP contribution >= 0.6 is 0 Å². The van der Waals surface area contributed by atoms with Gasteiger partial charge in [0.05, 0.1) is 5.69 Å². The van der Waals surface area contributed by atoms with E-state index in [4.69, 9.17) is 4.74 Å². The van der Waals surface area contributed by atoms with Crippen molar-refractivity contribution in [2.24, 2.45) is 0 Å². The number of tetrazole rings is 1. The fourth-order valence-electron chi connectivity index (χ4n) is 2.80. The molecule has 2 aromatic rings. The summed E-state index contributed by atoms with van der Waals surface area (Å²) >= 11 is 0. The second-order valence-electron chi connectivity index (χ2n) is 5.62. The molecule has 126 valence electrons. The molecule has 0 atom stereocenters. The number of aromatic nitrogens is 4. The molecule has 0 bridgehead atoms. The van der Waals surface area contributed by atoms with Crippen molar-refractivity contribution >= 4 is 5.91 Å². The molecule has 3 rings (SSSR count). The van der Waals surface area contributed by atoms with E-state index in [0.717, 1.165) is 30.6 Å². The quantitative estimate of drug-likeness (QED) is 0.814. The molecule has 0 aliphatic heterocycles. The highest BCUT2D eigenvalue weighted by Gasteiger charge is 2.18. The monoisotopic (exact) mass is 327 g/mol. The number of rotatable bonds is 6. The minimum Gasteiger partial charge on any atom is -0.484 e. The predicted octanol–water partition coefficient (Wildman–Crippen LogP) is 2.35. The van der Waals surface area contributed by atoms with Gasteiger partial charge in [0.2, 0.25) is 0 Å². The zero-order chi connectivity index (χ0) is 16.8. The lowest BCUT2D eigenvalue weighted by atomic mass is 10.0. The highest BCUT2D eigenvalue weighted by molar-refractivity contribution is 5.79. The molecule has 7 heteroatoms. The molecule has 0 fully saturated rings. The molecule has 0 N–H and O–H groups in total. The fraction of sp³-hybridized carbons (Fsp3) is 0.412. The summed E-state index contributed by atoms with van der Waals surface area (Å²) in [6.07, 6.45) is 8.08. The second kappa shape index (κ2) is 7.72. The van der Waals surface area contributed by atoms with E-state index in [1.807, 2.05) is 24.0 Å². The van der Waals surface area contributed by atoms with Gasteiger partial charge in [-0.3, -0.25) is 4.79 Å². The first-order valence-corrected chi connectivity index (χ1v) is 8.23. The zero-order valence-electron chi connectivity index (χ0n) is 13.8. The summed E-state index contributed by atoms with van der Waals surface area (Å²) < 4.78 is 7.19. The summed E-state index contributed by atoms with van der Waals surface area (Å²) in [5.74, 6) is 0.643. The number of ether oxygens (including phenoxy) is 1. The maximum Gasteiger partial charge on any atom is 0.264 e. The van der Waals surface area contributed by atoms with E-state index < -0.39 is 0 Å². The highest BCUT2D eigenvalue weighted by atomic mass is 16.5. The first-order chi connectivity index (χ1) is 11.8. The number of hydrogen-bond donors (Lipinski definition) is 0. The largest absolute Gasteiger partial charge is 0.484 e. The molecule has 1 amide bonds. The minimum atomic E-state index is -0.00444. The number of amides is 1. The SMILES string of the molecule is CCN(C(=O)COc1ccc(-n2cnnn2)cc1)C1=CCCCC1. The maximum absolute atomic E-state index is 12.4. The van der Waals surface area contributed by atoms with Crippen LogP contribution in [0.3, 0.4) is 0 Å². The van der Waals surface area contributed by atoms with Crippen LogP contribution in [-0.4, -0.2) is 44.2 Å². The second-order valence-corrected chi connectivity index (χ2v) is 5.62. The molecular formula is C17H21N5O2. The lowest BCUT2D eigenvalue weighted by Gasteiger charge is -2.26. The van der Waals surface area contributed by atoms with E-state index in [2.05, 4.69) is 21.6 Å². The average molecular weight is 327 g/mol. The predicted molar refractivity (Wildman–Crippen MR) is 88.6 cm³/mol. The van der Waals surface area contributed by atoms with Gasteiger partial charge in [-0.1, -0.05) is 6.08 Å². The van der Waals surface area contributed by atoms with Crippen LogP contribution in [0.1, 0.15) is 32.6 Å². The number of likely N-dealkylation sites (N-methyl/N-ethyl adjacent to an activating group) is 1. The van der Waals surface area contributed by atoms with Crippen LogP contribution in [-0.2, 0) is 4.79 Å². The van der Waals surface area contributed by atoms with Crippen molar-refractivity contribution in [3.05, 3.63) is 42.4 Å². The Kier molecular flexibility index (Phi) is 5.20. The van der Waals surface area contributed by atoms with Crippen molar-refractivity contribution in [2.45, 2.75) is 32.6 Å². The van der Waals surface area contributed by atoms with Gasteiger partial charge in [-0.15, -0.1) is 5.10 Å². The fourth-order valence-corrected chi connectivity index (χ4v) is 2.80. The summed E-state index contributed by atoms with van der Waals surface area (Å²) in [6.45, 7) is 2.70. The van der Waals surface area contributed by atoms with Crippen LogP contribution in [0.5, 0.6) is 5.75 Å². The Morgan fingerprint density at radius 2 is 2.12 bits per heavy atom. The van der Waals surface area contributed by atoms with E-state index in [-0.39, 0.29) is 12.5 Å². The molecule has 7 nitrogen and oxygen atoms in total. The molecule has 1 heterocycles. The Labute approximate surface area is 140 Å². The van der Waals surface area contributed by atoms with Crippen LogP contribution in [0.2, 0.25) is 0 Å². The van der Waals surface area contributed by atoms with Crippen molar-refractivity contribution in [2.75, 3.05) is 13.2 Å². The summed E-state index contributed by atoms with van der Waals surface area (Å²) in [6, 6.07) is 7.30. The van der Waals surface area contributed by atoms with E-state index in [1.165, 1.54) is 12.7 Å². The van der Waals surface area contributed by atoms with Crippen molar-refractivity contribution < 1.29 is 9.53 Å².